The largest absolute Gasteiger partial charge is 0.353 e. The SMILES string of the molecule is Cc1cccc(Cc2c(C)nc(CC(C)C)nc2N2CCN(C(=O)c3cccs3)CC2)c1. The molecule has 3 heterocycles. The predicted octanol–water partition coefficient (Wildman–Crippen LogP) is 4.91. The third kappa shape index (κ3) is 5.18. The molecule has 1 aliphatic rings. The molecule has 0 atom stereocenters. The van der Waals surface area contributed by atoms with E-state index in [2.05, 4.69) is 56.9 Å². The summed E-state index contributed by atoms with van der Waals surface area (Å²) in [6.45, 7) is 11.6. The number of nitrogens with zero attached hydrogens (tertiary/aromatic N) is 4. The van der Waals surface area contributed by atoms with Gasteiger partial charge in [-0.05, 0) is 36.8 Å². The van der Waals surface area contributed by atoms with Crippen LogP contribution in [-0.4, -0.2) is 47.0 Å². The number of hydrogen-bond donors (Lipinski definition) is 0. The Balaban J connectivity index is 1.59. The van der Waals surface area contributed by atoms with Gasteiger partial charge < -0.3 is 9.80 Å². The number of anilines is 1. The first-order valence-electron chi connectivity index (χ1n) is 11.4. The number of amides is 1. The Bertz CT molecular complexity index is 1070. The summed E-state index contributed by atoms with van der Waals surface area (Å²) in [5.74, 6) is 2.60. The lowest BCUT2D eigenvalue weighted by Crippen LogP contribution is -2.49. The van der Waals surface area contributed by atoms with Gasteiger partial charge in [-0.3, -0.25) is 4.79 Å². The summed E-state index contributed by atoms with van der Waals surface area (Å²) >= 11 is 1.51. The minimum absolute atomic E-state index is 0.138. The van der Waals surface area contributed by atoms with E-state index in [1.54, 1.807) is 0 Å². The van der Waals surface area contributed by atoms with Crippen molar-refractivity contribution in [3.05, 3.63) is 74.9 Å². The number of aromatic nitrogens is 2. The molecule has 1 saturated heterocycles. The summed E-state index contributed by atoms with van der Waals surface area (Å²) in [7, 11) is 0. The number of hydrogen-bond acceptors (Lipinski definition) is 5. The van der Waals surface area contributed by atoms with Gasteiger partial charge in [0, 0.05) is 50.3 Å². The van der Waals surface area contributed by atoms with Crippen molar-refractivity contribution >= 4 is 23.1 Å². The molecule has 6 heteroatoms. The zero-order valence-corrected chi connectivity index (χ0v) is 20.3. The van der Waals surface area contributed by atoms with Gasteiger partial charge in [-0.1, -0.05) is 49.7 Å². The highest BCUT2D eigenvalue weighted by Gasteiger charge is 2.26. The van der Waals surface area contributed by atoms with E-state index >= 15 is 0 Å². The fourth-order valence-electron chi connectivity index (χ4n) is 4.27. The molecule has 0 bridgehead atoms. The van der Waals surface area contributed by atoms with Crippen LogP contribution in [0, 0.1) is 19.8 Å². The summed E-state index contributed by atoms with van der Waals surface area (Å²) in [5, 5.41) is 1.96. The average Bonchev–Trinajstić information content (AvgIpc) is 3.30. The van der Waals surface area contributed by atoms with Crippen molar-refractivity contribution in [1.82, 2.24) is 14.9 Å². The molecular weight excluding hydrogens is 416 g/mol. The molecule has 1 aromatic carbocycles. The average molecular weight is 449 g/mol. The zero-order chi connectivity index (χ0) is 22.7. The van der Waals surface area contributed by atoms with Crippen LogP contribution >= 0.6 is 11.3 Å². The van der Waals surface area contributed by atoms with Gasteiger partial charge in [0.1, 0.15) is 11.6 Å². The van der Waals surface area contributed by atoms with Crippen molar-refractivity contribution in [3.63, 3.8) is 0 Å². The highest BCUT2D eigenvalue weighted by Crippen LogP contribution is 2.26. The second kappa shape index (κ2) is 9.82. The van der Waals surface area contributed by atoms with E-state index in [1.807, 2.05) is 22.4 Å². The normalized spacial score (nSPS) is 14.3. The monoisotopic (exact) mass is 448 g/mol. The molecule has 4 rings (SSSR count). The van der Waals surface area contributed by atoms with Gasteiger partial charge in [0.2, 0.25) is 0 Å². The van der Waals surface area contributed by atoms with Crippen LogP contribution in [0.25, 0.3) is 0 Å². The van der Waals surface area contributed by atoms with Crippen molar-refractivity contribution < 1.29 is 4.79 Å². The first-order valence-corrected chi connectivity index (χ1v) is 12.3. The smallest absolute Gasteiger partial charge is 0.264 e. The van der Waals surface area contributed by atoms with E-state index < -0.39 is 0 Å². The number of aryl methyl sites for hydroxylation is 2. The molecule has 5 nitrogen and oxygen atoms in total. The van der Waals surface area contributed by atoms with Gasteiger partial charge in [-0.2, -0.15) is 0 Å². The van der Waals surface area contributed by atoms with Crippen LogP contribution in [0.2, 0.25) is 0 Å². The van der Waals surface area contributed by atoms with E-state index in [4.69, 9.17) is 9.97 Å². The molecule has 0 saturated carbocycles. The second-order valence-electron chi connectivity index (χ2n) is 9.05. The Labute approximate surface area is 195 Å². The number of benzene rings is 1. The maximum absolute atomic E-state index is 12.8. The molecule has 1 fully saturated rings. The van der Waals surface area contributed by atoms with E-state index in [9.17, 15) is 4.79 Å². The van der Waals surface area contributed by atoms with Crippen molar-refractivity contribution in [2.75, 3.05) is 31.1 Å². The van der Waals surface area contributed by atoms with E-state index in [0.29, 0.717) is 19.0 Å². The zero-order valence-electron chi connectivity index (χ0n) is 19.5. The first kappa shape index (κ1) is 22.5. The topological polar surface area (TPSA) is 49.3 Å². The molecule has 0 unspecified atom stereocenters. The van der Waals surface area contributed by atoms with Gasteiger partial charge in [0.25, 0.3) is 5.91 Å². The molecule has 32 heavy (non-hydrogen) atoms. The van der Waals surface area contributed by atoms with Crippen molar-refractivity contribution in [3.8, 4) is 0 Å². The fraction of sp³-hybridized carbons (Fsp3) is 0.423. The quantitative estimate of drug-likeness (QED) is 0.538. The molecule has 168 valence electrons. The number of thiophene rings is 1. The van der Waals surface area contributed by atoms with Crippen LogP contribution in [0.1, 0.15) is 51.7 Å². The molecule has 0 N–H and O–H groups in total. The number of carbonyl (C=O) groups is 1. The minimum Gasteiger partial charge on any atom is -0.353 e. The Morgan fingerprint density at radius 1 is 1.06 bits per heavy atom. The van der Waals surface area contributed by atoms with Crippen LogP contribution in [0.15, 0.2) is 41.8 Å². The van der Waals surface area contributed by atoms with E-state index in [0.717, 1.165) is 48.1 Å². The van der Waals surface area contributed by atoms with Crippen LogP contribution in [0.4, 0.5) is 5.82 Å². The molecule has 0 aliphatic carbocycles. The lowest BCUT2D eigenvalue weighted by molar-refractivity contribution is 0.0751. The Kier molecular flexibility index (Phi) is 6.89. The minimum atomic E-state index is 0.138. The summed E-state index contributed by atoms with van der Waals surface area (Å²) in [6, 6.07) is 12.5. The van der Waals surface area contributed by atoms with Crippen molar-refractivity contribution in [2.45, 2.75) is 40.5 Å². The van der Waals surface area contributed by atoms with Crippen LogP contribution in [0.3, 0.4) is 0 Å². The lowest BCUT2D eigenvalue weighted by Gasteiger charge is -2.36. The highest BCUT2D eigenvalue weighted by molar-refractivity contribution is 7.12. The van der Waals surface area contributed by atoms with Crippen molar-refractivity contribution in [1.29, 1.82) is 0 Å². The molecule has 0 spiro atoms. The maximum atomic E-state index is 12.8. The lowest BCUT2D eigenvalue weighted by atomic mass is 10.0. The Hall–Kier alpha value is -2.73. The summed E-state index contributed by atoms with van der Waals surface area (Å²) in [4.78, 5) is 27.8. The summed E-state index contributed by atoms with van der Waals surface area (Å²) in [5.41, 5.74) is 4.80. The molecule has 1 amide bonds. The fourth-order valence-corrected chi connectivity index (χ4v) is 4.96. The molecular formula is C26H32N4OS. The number of piperazine rings is 1. The van der Waals surface area contributed by atoms with Crippen LogP contribution < -0.4 is 4.90 Å². The van der Waals surface area contributed by atoms with Crippen LogP contribution in [-0.2, 0) is 12.8 Å². The van der Waals surface area contributed by atoms with Crippen molar-refractivity contribution in [2.24, 2.45) is 5.92 Å². The third-order valence-corrected chi connectivity index (χ3v) is 6.75. The molecule has 3 aromatic rings. The predicted molar refractivity (Wildman–Crippen MR) is 132 cm³/mol. The standard InChI is InChI=1S/C26H32N4OS/c1-18(2)15-24-27-20(4)22(17-21-8-5-7-19(3)16-21)25(28-24)29-10-12-30(13-11-29)26(31)23-9-6-14-32-23/h5-9,14,16,18H,10-13,15,17H2,1-4H3. The number of rotatable bonds is 6. The van der Waals surface area contributed by atoms with E-state index in [1.165, 1.54) is 28.0 Å². The van der Waals surface area contributed by atoms with Gasteiger partial charge in [-0.25, -0.2) is 9.97 Å². The van der Waals surface area contributed by atoms with Crippen LogP contribution in [0.5, 0.6) is 0 Å². The third-order valence-electron chi connectivity index (χ3n) is 5.89. The highest BCUT2D eigenvalue weighted by atomic mass is 32.1. The summed E-state index contributed by atoms with van der Waals surface area (Å²) < 4.78 is 0. The van der Waals surface area contributed by atoms with Gasteiger partial charge in [0.15, 0.2) is 0 Å². The van der Waals surface area contributed by atoms with Gasteiger partial charge in [0.05, 0.1) is 4.88 Å². The Morgan fingerprint density at radius 2 is 1.84 bits per heavy atom. The van der Waals surface area contributed by atoms with Gasteiger partial charge in [-0.15, -0.1) is 11.3 Å². The number of carbonyl (C=O) groups excluding carboxylic acids is 1. The second-order valence-corrected chi connectivity index (χ2v) is 10.00. The first-order chi connectivity index (χ1) is 15.4. The molecule has 0 radical (unpaired) electrons. The maximum Gasteiger partial charge on any atom is 0.264 e. The Morgan fingerprint density at radius 3 is 2.50 bits per heavy atom. The summed E-state index contributed by atoms with van der Waals surface area (Å²) in [6.07, 6.45) is 1.69. The van der Waals surface area contributed by atoms with Gasteiger partial charge >= 0.3 is 0 Å². The molecule has 2 aromatic heterocycles. The molecule has 1 aliphatic heterocycles. The van der Waals surface area contributed by atoms with E-state index in [-0.39, 0.29) is 5.91 Å².